The van der Waals surface area contributed by atoms with Crippen LogP contribution in [0.15, 0.2) is 34.4 Å². The lowest BCUT2D eigenvalue weighted by atomic mass is 9.93. The summed E-state index contributed by atoms with van der Waals surface area (Å²) in [5.41, 5.74) is 7.03. The maximum Gasteiger partial charge on any atom is 0.349 e. The van der Waals surface area contributed by atoms with Crippen LogP contribution in [0, 0.1) is 0 Å². The average Bonchev–Trinajstić information content (AvgIpc) is 3.29. The van der Waals surface area contributed by atoms with Gasteiger partial charge in [-0.25, -0.2) is 9.69 Å². The number of carbonyl (C=O) groups is 4. The molecule has 1 aliphatic carbocycles. The third-order valence-corrected chi connectivity index (χ3v) is 8.85. The lowest BCUT2D eigenvalue weighted by Crippen LogP contribution is -2.31. The minimum atomic E-state index is -3.10. The summed E-state index contributed by atoms with van der Waals surface area (Å²) < 4.78 is 15.5. The van der Waals surface area contributed by atoms with Crippen LogP contribution in [-0.2, 0) is 28.5 Å². The first-order chi connectivity index (χ1) is 24.2. The first-order valence-corrected chi connectivity index (χ1v) is 19.8. The summed E-state index contributed by atoms with van der Waals surface area (Å²) in [6.07, 6.45) is 4.45. The smallest absolute Gasteiger partial charge is 0.349 e. The van der Waals surface area contributed by atoms with Gasteiger partial charge in [0, 0.05) is 41.1 Å². The zero-order valence-corrected chi connectivity index (χ0v) is 33.0. The second kappa shape index (κ2) is 20.0. The summed E-state index contributed by atoms with van der Waals surface area (Å²) in [6.45, 7) is 11.8. The first kappa shape index (κ1) is 44.6. The molecule has 19 heteroatoms. The van der Waals surface area contributed by atoms with Gasteiger partial charge in [0.1, 0.15) is 11.1 Å². The molecule has 2 atom stereocenters. The zero-order valence-electron chi connectivity index (χ0n) is 29.8. The molecule has 2 heterocycles. The van der Waals surface area contributed by atoms with Gasteiger partial charge in [-0.15, -0.1) is 0 Å². The van der Waals surface area contributed by atoms with Gasteiger partial charge in [-0.05, 0) is 108 Å². The highest BCUT2D eigenvalue weighted by atomic mass is 35.5. The Morgan fingerprint density at radius 1 is 1.08 bits per heavy atom. The van der Waals surface area contributed by atoms with Crippen molar-refractivity contribution >= 4 is 89.6 Å². The lowest BCUT2D eigenvalue weighted by molar-refractivity contribution is -0.139. The molecule has 0 fully saturated rings. The fourth-order valence-electron chi connectivity index (χ4n) is 4.63. The molecule has 2 amide bonds. The van der Waals surface area contributed by atoms with Crippen molar-refractivity contribution in [2.75, 3.05) is 41.5 Å². The molecule has 0 radical (unpaired) electrons. The molecular weight excluding hydrogens is 760 g/mol. The Morgan fingerprint density at radius 2 is 1.65 bits per heavy atom. The van der Waals surface area contributed by atoms with Crippen molar-refractivity contribution in [1.29, 1.82) is 0 Å². The number of nitrogens with two attached hydrogens (primary N) is 1. The van der Waals surface area contributed by atoms with Gasteiger partial charge in [0.25, 0.3) is 11.8 Å². The lowest BCUT2D eigenvalue weighted by Gasteiger charge is -2.20. The van der Waals surface area contributed by atoms with Gasteiger partial charge in [0.05, 0.1) is 12.3 Å². The van der Waals surface area contributed by atoms with Gasteiger partial charge in [0.2, 0.25) is 17.2 Å². The average molecular weight is 805 g/mol. The van der Waals surface area contributed by atoms with Crippen molar-refractivity contribution in [3.05, 3.63) is 50.2 Å². The maximum absolute atomic E-state index is 12.7. The SMILES string of the molecule is CCNc1nc(Cl)nc(NC(C)(C)C)n1.CCOC(=O)/C(Cl)=C/c1cc(N2C(=O)C3=C(CCCC3)C2=O)ccc1Cl.CP(=O)(O)CCC(N)C(=O)O. The fourth-order valence-corrected chi connectivity index (χ4v) is 5.89. The monoisotopic (exact) mass is 803 g/mol. The number of aromatic nitrogens is 3. The van der Waals surface area contributed by atoms with Gasteiger partial charge in [-0.1, -0.05) is 23.2 Å². The number of esters is 1. The van der Waals surface area contributed by atoms with Crippen LogP contribution in [0.1, 0.15) is 72.3 Å². The Bertz CT molecular complexity index is 1720. The number of hydrogen-bond acceptors (Lipinski definition) is 12. The van der Waals surface area contributed by atoms with E-state index in [0.717, 1.165) is 19.4 Å². The molecule has 2 unspecified atom stereocenters. The number of halogens is 3. The number of aliphatic carboxylic acids is 1. The predicted octanol–water partition coefficient (Wildman–Crippen LogP) is 6.08. The Balaban J connectivity index is 0.000000305. The van der Waals surface area contributed by atoms with E-state index in [9.17, 15) is 23.7 Å². The van der Waals surface area contributed by atoms with Gasteiger partial charge in [-0.2, -0.15) is 15.0 Å². The van der Waals surface area contributed by atoms with Gasteiger partial charge < -0.3 is 31.1 Å². The normalized spacial score (nSPS) is 16.1. The third-order valence-electron chi connectivity index (χ3n) is 6.98. The molecule has 0 spiro atoms. The summed E-state index contributed by atoms with van der Waals surface area (Å²) in [5.74, 6) is -1.39. The molecule has 0 saturated carbocycles. The van der Waals surface area contributed by atoms with Crippen LogP contribution in [0.3, 0.4) is 0 Å². The van der Waals surface area contributed by atoms with Crippen LogP contribution in [0.2, 0.25) is 10.3 Å². The molecular formula is C33H45Cl3N7O8P. The topological polar surface area (TPSA) is 227 Å². The Kier molecular flexibility index (Phi) is 17.2. The molecule has 15 nitrogen and oxygen atoms in total. The summed E-state index contributed by atoms with van der Waals surface area (Å²) in [7, 11) is -3.10. The molecule has 1 aliphatic heterocycles. The van der Waals surface area contributed by atoms with Crippen molar-refractivity contribution < 1.29 is 38.5 Å². The number of carbonyl (C=O) groups excluding carboxylic acids is 3. The van der Waals surface area contributed by atoms with Gasteiger partial charge in [-0.3, -0.25) is 18.9 Å². The Morgan fingerprint density at radius 3 is 2.15 bits per heavy atom. The molecule has 2 aliphatic rings. The number of rotatable bonds is 11. The quantitative estimate of drug-likeness (QED) is 0.0751. The molecule has 2 aromatic rings. The molecule has 1 aromatic carbocycles. The fraction of sp³-hybridized carbons (Fsp3) is 0.485. The number of benzene rings is 1. The van der Waals surface area contributed by atoms with E-state index in [1.165, 1.54) is 17.6 Å². The number of amides is 2. The summed E-state index contributed by atoms with van der Waals surface area (Å²) >= 11 is 17.9. The molecule has 6 N–H and O–H groups in total. The molecule has 4 rings (SSSR count). The van der Waals surface area contributed by atoms with E-state index < -0.39 is 25.3 Å². The van der Waals surface area contributed by atoms with Gasteiger partial charge in [0.15, 0.2) is 7.37 Å². The Hall–Kier alpha value is -3.59. The predicted molar refractivity (Wildman–Crippen MR) is 203 cm³/mol. The van der Waals surface area contributed by atoms with Crippen molar-refractivity contribution in [3.63, 3.8) is 0 Å². The van der Waals surface area contributed by atoms with Crippen LogP contribution in [0.4, 0.5) is 17.6 Å². The van der Waals surface area contributed by atoms with Crippen molar-refractivity contribution in [3.8, 4) is 0 Å². The molecule has 0 saturated heterocycles. The van der Waals surface area contributed by atoms with E-state index in [4.69, 9.17) is 55.3 Å². The van der Waals surface area contributed by atoms with Crippen LogP contribution >= 0.6 is 42.2 Å². The van der Waals surface area contributed by atoms with E-state index in [1.807, 2.05) is 27.7 Å². The number of ether oxygens (including phenoxy) is 1. The van der Waals surface area contributed by atoms with E-state index in [-0.39, 0.29) is 46.9 Å². The second-order valence-corrected chi connectivity index (χ2v) is 16.4. The van der Waals surface area contributed by atoms with Crippen molar-refractivity contribution in [2.24, 2.45) is 5.73 Å². The van der Waals surface area contributed by atoms with Crippen LogP contribution < -0.4 is 21.3 Å². The number of anilines is 3. The standard InChI is InChI=1S/C19H17Cl2NO4.C9H16ClN5.C5H12NO4P/c1-2-26-19(25)16(21)10-11-9-12(7-8-15(11)20)22-17(23)13-5-3-4-6-14(13)18(22)24;1-5-11-7-12-6(10)13-8(14-7)15-9(2,3)4;1-11(9,10)3-2-4(6)5(7)8/h7-10H,2-6H2,1H3;5H2,1-4H3,(H2,11,12,13,14,15);4H,2-3,6H2,1H3,(H,7,8)(H,9,10)/b16-10-;;. The van der Waals surface area contributed by atoms with Gasteiger partial charge >= 0.3 is 11.9 Å². The first-order valence-electron chi connectivity index (χ1n) is 16.3. The largest absolute Gasteiger partial charge is 0.480 e. The van der Waals surface area contributed by atoms with Crippen LogP contribution in [0.5, 0.6) is 0 Å². The summed E-state index contributed by atoms with van der Waals surface area (Å²) in [4.78, 5) is 69.2. The van der Waals surface area contributed by atoms with E-state index in [2.05, 4.69) is 25.6 Å². The van der Waals surface area contributed by atoms with Crippen LogP contribution in [-0.4, -0.2) is 86.3 Å². The minimum absolute atomic E-state index is 0.0412. The number of nitrogens with zero attached hydrogens (tertiary/aromatic N) is 4. The third kappa shape index (κ3) is 14.4. The van der Waals surface area contributed by atoms with E-state index in [0.29, 0.717) is 52.2 Å². The number of nitrogens with one attached hydrogen (secondary N) is 2. The summed E-state index contributed by atoms with van der Waals surface area (Å²) in [6, 6.07) is 3.70. The number of imide groups is 1. The van der Waals surface area contributed by atoms with E-state index >= 15 is 0 Å². The molecule has 52 heavy (non-hydrogen) atoms. The highest BCUT2D eigenvalue weighted by Gasteiger charge is 2.39. The zero-order chi connectivity index (χ0) is 39.4. The molecule has 286 valence electrons. The second-order valence-electron chi connectivity index (χ2n) is 12.7. The number of carboxylic acid groups (broad SMARTS) is 1. The highest BCUT2D eigenvalue weighted by molar-refractivity contribution is 7.57. The maximum atomic E-state index is 12.7. The molecule has 1 aromatic heterocycles. The van der Waals surface area contributed by atoms with Crippen molar-refractivity contribution in [2.45, 2.75) is 78.3 Å². The van der Waals surface area contributed by atoms with Crippen LogP contribution in [0.25, 0.3) is 6.08 Å². The molecule has 0 bridgehead atoms. The highest BCUT2D eigenvalue weighted by Crippen LogP contribution is 2.37. The Labute approximate surface area is 317 Å². The number of hydrogen-bond donors (Lipinski definition) is 5. The van der Waals surface area contributed by atoms with E-state index in [1.54, 1.807) is 25.1 Å². The summed E-state index contributed by atoms with van der Waals surface area (Å²) in [5, 5.41) is 14.8. The van der Waals surface area contributed by atoms with Crippen molar-refractivity contribution in [1.82, 2.24) is 15.0 Å². The minimum Gasteiger partial charge on any atom is -0.480 e. The number of carboxylic acids is 1.